The van der Waals surface area contributed by atoms with E-state index < -0.39 is 0 Å². The van der Waals surface area contributed by atoms with Crippen LogP contribution >= 0.6 is 0 Å². The molecular formula is C17H21N3O. The maximum atomic E-state index is 5.32. The highest BCUT2D eigenvalue weighted by molar-refractivity contribution is 5.64. The lowest BCUT2D eigenvalue weighted by Crippen LogP contribution is -2.23. The Labute approximate surface area is 125 Å². The van der Waals surface area contributed by atoms with E-state index in [4.69, 9.17) is 4.74 Å². The topological polar surface area (TPSA) is 38.3 Å². The third-order valence-corrected chi connectivity index (χ3v) is 4.19. The van der Waals surface area contributed by atoms with Gasteiger partial charge < -0.3 is 4.74 Å². The molecule has 0 saturated carbocycles. The fourth-order valence-electron chi connectivity index (χ4n) is 2.96. The molecule has 2 aromatic rings. The molecule has 110 valence electrons. The molecule has 1 aliphatic heterocycles. The van der Waals surface area contributed by atoms with Gasteiger partial charge in [-0.25, -0.2) is 9.97 Å². The number of ether oxygens (including phenoxy) is 1. The summed E-state index contributed by atoms with van der Waals surface area (Å²) in [5.41, 5.74) is 3.18. The Kier molecular flexibility index (Phi) is 4.15. The van der Waals surface area contributed by atoms with Gasteiger partial charge in [0.05, 0.1) is 7.11 Å². The fraction of sp³-hybridized carbons (Fsp3) is 0.412. The number of likely N-dealkylation sites (tertiary alicyclic amines) is 1. The Hall–Kier alpha value is -1.94. The van der Waals surface area contributed by atoms with E-state index in [0.29, 0.717) is 11.9 Å². The molecule has 1 aromatic carbocycles. The van der Waals surface area contributed by atoms with Crippen molar-refractivity contribution in [2.75, 3.05) is 20.2 Å². The van der Waals surface area contributed by atoms with Gasteiger partial charge in [-0.1, -0.05) is 18.2 Å². The number of hydrogen-bond acceptors (Lipinski definition) is 4. The number of nitrogens with zero attached hydrogens (tertiary/aromatic N) is 3. The van der Waals surface area contributed by atoms with Crippen LogP contribution in [-0.4, -0.2) is 35.1 Å². The number of benzene rings is 1. The van der Waals surface area contributed by atoms with Crippen molar-refractivity contribution in [2.45, 2.75) is 25.8 Å². The molecule has 2 heterocycles. The van der Waals surface area contributed by atoms with Crippen molar-refractivity contribution in [1.29, 1.82) is 0 Å². The number of rotatable bonds is 4. The fourth-order valence-corrected chi connectivity index (χ4v) is 2.96. The monoisotopic (exact) mass is 283 g/mol. The average molecular weight is 283 g/mol. The molecule has 21 heavy (non-hydrogen) atoms. The Morgan fingerprint density at radius 3 is 2.67 bits per heavy atom. The van der Waals surface area contributed by atoms with Crippen molar-refractivity contribution >= 4 is 0 Å². The second-order valence-corrected chi connectivity index (χ2v) is 5.46. The summed E-state index contributed by atoms with van der Waals surface area (Å²) >= 11 is 0. The Morgan fingerprint density at radius 1 is 1.14 bits per heavy atom. The van der Waals surface area contributed by atoms with E-state index in [1.807, 2.05) is 0 Å². The Morgan fingerprint density at radius 2 is 1.90 bits per heavy atom. The predicted molar refractivity (Wildman–Crippen MR) is 83.2 cm³/mol. The molecule has 4 heteroatoms. The van der Waals surface area contributed by atoms with Gasteiger partial charge in [-0.15, -0.1) is 0 Å². The smallest absolute Gasteiger partial charge is 0.240 e. The number of aromatic nitrogens is 2. The summed E-state index contributed by atoms with van der Waals surface area (Å²) in [4.78, 5) is 11.2. The van der Waals surface area contributed by atoms with Crippen LogP contribution in [0.25, 0.3) is 11.3 Å². The Bertz CT molecular complexity index is 608. The van der Waals surface area contributed by atoms with Crippen LogP contribution in [0, 0.1) is 0 Å². The summed E-state index contributed by atoms with van der Waals surface area (Å²) in [5, 5.41) is 0. The molecule has 4 nitrogen and oxygen atoms in total. The van der Waals surface area contributed by atoms with E-state index in [2.05, 4.69) is 46.1 Å². The van der Waals surface area contributed by atoms with Crippen LogP contribution in [0.3, 0.4) is 0 Å². The molecule has 0 aliphatic carbocycles. The molecule has 0 N–H and O–H groups in total. The zero-order valence-corrected chi connectivity index (χ0v) is 12.6. The molecule has 1 saturated heterocycles. The van der Waals surface area contributed by atoms with Gasteiger partial charge in [-0.2, -0.15) is 0 Å². The first-order valence-electron chi connectivity index (χ1n) is 7.49. The molecule has 0 unspecified atom stereocenters. The van der Waals surface area contributed by atoms with Crippen molar-refractivity contribution in [1.82, 2.24) is 14.9 Å². The number of methoxy groups -OCH3 is 1. The van der Waals surface area contributed by atoms with E-state index in [-0.39, 0.29) is 0 Å². The van der Waals surface area contributed by atoms with E-state index in [0.717, 1.165) is 11.3 Å². The lowest BCUT2D eigenvalue weighted by Gasteiger charge is -2.24. The Balaban J connectivity index is 1.92. The van der Waals surface area contributed by atoms with Crippen molar-refractivity contribution in [3.05, 3.63) is 42.2 Å². The summed E-state index contributed by atoms with van der Waals surface area (Å²) in [6.07, 6.45) is 5.97. The van der Waals surface area contributed by atoms with Gasteiger partial charge in [0.1, 0.15) is 5.69 Å². The van der Waals surface area contributed by atoms with E-state index >= 15 is 0 Å². The second kappa shape index (κ2) is 6.22. The van der Waals surface area contributed by atoms with E-state index in [1.54, 1.807) is 19.5 Å². The van der Waals surface area contributed by atoms with Crippen molar-refractivity contribution in [3.8, 4) is 17.1 Å². The van der Waals surface area contributed by atoms with E-state index in [1.165, 1.54) is 31.5 Å². The quantitative estimate of drug-likeness (QED) is 0.863. The highest BCUT2D eigenvalue weighted by Crippen LogP contribution is 2.30. The lowest BCUT2D eigenvalue weighted by atomic mass is 10.0. The molecule has 1 fully saturated rings. The maximum Gasteiger partial charge on any atom is 0.240 e. The summed E-state index contributed by atoms with van der Waals surface area (Å²) in [7, 11) is 1.63. The van der Waals surface area contributed by atoms with Crippen LogP contribution in [0.5, 0.6) is 5.88 Å². The highest BCUT2D eigenvalue weighted by atomic mass is 16.5. The van der Waals surface area contributed by atoms with Gasteiger partial charge >= 0.3 is 0 Å². The highest BCUT2D eigenvalue weighted by Gasteiger charge is 2.20. The van der Waals surface area contributed by atoms with Gasteiger partial charge in [0.2, 0.25) is 5.88 Å². The maximum absolute atomic E-state index is 5.32. The minimum atomic E-state index is 0.440. The van der Waals surface area contributed by atoms with Gasteiger partial charge in [0.15, 0.2) is 0 Å². The zero-order valence-electron chi connectivity index (χ0n) is 12.6. The normalized spacial score (nSPS) is 16.9. The molecular weight excluding hydrogens is 262 g/mol. The molecule has 0 radical (unpaired) electrons. The molecule has 1 aromatic heterocycles. The first kappa shape index (κ1) is 14.0. The molecule has 1 aliphatic rings. The minimum Gasteiger partial charge on any atom is -0.479 e. The largest absolute Gasteiger partial charge is 0.479 e. The van der Waals surface area contributed by atoms with Crippen LogP contribution in [0.4, 0.5) is 0 Å². The second-order valence-electron chi connectivity index (χ2n) is 5.46. The first-order chi connectivity index (χ1) is 10.3. The van der Waals surface area contributed by atoms with Gasteiger partial charge in [-0.3, -0.25) is 4.90 Å². The summed E-state index contributed by atoms with van der Waals surface area (Å²) in [6.45, 7) is 4.66. The SMILES string of the molecule is COc1nccnc1-c1cccc([C@@H](C)N2CCCC2)c1. The van der Waals surface area contributed by atoms with Crippen LogP contribution in [0.2, 0.25) is 0 Å². The summed E-state index contributed by atoms with van der Waals surface area (Å²) in [6, 6.07) is 8.98. The molecule has 1 atom stereocenters. The zero-order chi connectivity index (χ0) is 14.7. The molecule has 3 rings (SSSR count). The average Bonchev–Trinajstić information content (AvgIpc) is 3.08. The molecule has 0 spiro atoms. The number of hydrogen-bond donors (Lipinski definition) is 0. The lowest BCUT2D eigenvalue weighted by molar-refractivity contribution is 0.263. The minimum absolute atomic E-state index is 0.440. The van der Waals surface area contributed by atoms with E-state index in [9.17, 15) is 0 Å². The van der Waals surface area contributed by atoms with Crippen molar-refractivity contribution < 1.29 is 4.74 Å². The van der Waals surface area contributed by atoms with Crippen LogP contribution in [0.1, 0.15) is 31.4 Å². The molecule has 0 amide bonds. The first-order valence-corrected chi connectivity index (χ1v) is 7.49. The van der Waals surface area contributed by atoms with Crippen LogP contribution in [0.15, 0.2) is 36.7 Å². The van der Waals surface area contributed by atoms with Crippen molar-refractivity contribution in [3.63, 3.8) is 0 Å². The van der Waals surface area contributed by atoms with Gasteiger partial charge in [-0.05, 0) is 44.5 Å². The summed E-state index contributed by atoms with van der Waals surface area (Å²) < 4.78 is 5.32. The van der Waals surface area contributed by atoms with Crippen LogP contribution in [-0.2, 0) is 0 Å². The van der Waals surface area contributed by atoms with Gasteiger partial charge in [0.25, 0.3) is 0 Å². The summed E-state index contributed by atoms with van der Waals surface area (Å²) in [5.74, 6) is 0.573. The standard InChI is InChI=1S/C17H21N3O/c1-13(20-10-3-4-11-20)14-6-5-7-15(12-14)16-17(21-2)19-9-8-18-16/h5-9,12-13H,3-4,10-11H2,1-2H3/t13-/m1/s1. The van der Waals surface area contributed by atoms with Gasteiger partial charge in [0, 0.05) is 24.0 Å². The van der Waals surface area contributed by atoms with Crippen LogP contribution < -0.4 is 4.74 Å². The third-order valence-electron chi connectivity index (χ3n) is 4.19. The van der Waals surface area contributed by atoms with Crippen molar-refractivity contribution in [2.24, 2.45) is 0 Å². The predicted octanol–water partition coefficient (Wildman–Crippen LogP) is 3.31. The third kappa shape index (κ3) is 2.90. The molecule has 0 bridgehead atoms.